The molecule has 2 aliphatic rings. The third kappa shape index (κ3) is 2.84. The molecule has 1 saturated heterocycles. The zero-order chi connectivity index (χ0) is 14.8. The van der Waals surface area contributed by atoms with Crippen LogP contribution in [0.2, 0.25) is 0 Å². The molecule has 1 saturated carbocycles. The average molecular weight is 284 g/mol. The van der Waals surface area contributed by atoms with Crippen LogP contribution < -0.4 is 5.32 Å². The topological polar surface area (TPSA) is 49.4 Å². The van der Waals surface area contributed by atoms with Crippen LogP contribution in [0.4, 0.5) is 5.69 Å². The standard InChI is InChI=1S/C17H20N2O2/c1-2-16(20)19-11-5-8-15(19)17(21)18-14-7-4-3-6-13(14)12-9-10-12/h2-4,6-7,12,15H,1,5,8-11H2,(H,18,21). The number of para-hydroxylation sites is 1. The van der Waals surface area contributed by atoms with Gasteiger partial charge in [0.2, 0.25) is 11.8 Å². The van der Waals surface area contributed by atoms with Gasteiger partial charge in [-0.05, 0) is 49.3 Å². The Balaban J connectivity index is 1.74. The van der Waals surface area contributed by atoms with Crippen LogP contribution in [-0.4, -0.2) is 29.3 Å². The number of carbonyl (C=O) groups excluding carboxylic acids is 2. The molecule has 110 valence electrons. The number of hydrogen-bond donors (Lipinski definition) is 1. The zero-order valence-corrected chi connectivity index (χ0v) is 12.0. The van der Waals surface area contributed by atoms with Crippen LogP contribution in [0.5, 0.6) is 0 Å². The van der Waals surface area contributed by atoms with E-state index in [1.807, 2.05) is 18.2 Å². The molecule has 1 aromatic rings. The monoisotopic (exact) mass is 284 g/mol. The van der Waals surface area contributed by atoms with E-state index in [9.17, 15) is 9.59 Å². The van der Waals surface area contributed by atoms with E-state index < -0.39 is 0 Å². The first kappa shape index (κ1) is 13.9. The van der Waals surface area contributed by atoms with Gasteiger partial charge < -0.3 is 10.2 Å². The quantitative estimate of drug-likeness (QED) is 0.864. The van der Waals surface area contributed by atoms with E-state index in [2.05, 4.69) is 18.0 Å². The summed E-state index contributed by atoms with van der Waals surface area (Å²) in [6.45, 7) is 4.14. The van der Waals surface area contributed by atoms with Crippen molar-refractivity contribution < 1.29 is 9.59 Å². The molecular weight excluding hydrogens is 264 g/mol. The first-order valence-electron chi connectivity index (χ1n) is 7.53. The second kappa shape index (κ2) is 5.72. The molecule has 0 bridgehead atoms. The van der Waals surface area contributed by atoms with E-state index >= 15 is 0 Å². The van der Waals surface area contributed by atoms with Crippen molar-refractivity contribution in [3.8, 4) is 0 Å². The number of carbonyl (C=O) groups is 2. The molecule has 1 aromatic carbocycles. The summed E-state index contributed by atoms with van der Waals surface area (Å²) in [6, 6.07) is 7.59. The number of nitrogens with zero attached hydrogens (tertiary/aromatic N) is 1. The number of anilines is 1. The van der Waals surface area contributed by atoms with E-state index in [0.717, 1.165) is 18.5 Å². The van der Waals surface area contributed by atoms with E-state index in [-0.39, 0.29) is 17.9 Å². The van der Waals surface area contributed by atoms with E-state index in [4.69, 9.17) is 0 Å². The fourth-order valence-corrected chi connectivity index (χ4v) is 3.00. The van der Waals surface area contributed by atoms with Gasteiger partial charge in [0.25, 0.3) is 0 Å². The summed E-state index contributed by atoms with van der Waals surface area (Å²) in [6.07, 6.45) is 5.25. The Morgan fingerprint density at radius 2 is 2.00 bits per heavy atom. The maximum atomic E-state index is 12.5. The molecule has 3 rings (SSSR count). The maximum Gasteiger partial charge on any atom is 0.247 e. The minimum absolute atomic E-state index is 0.0872. The molecule has 4 nitrogen and oxygen atoms in total. The van der Waals surface area contributed by atoms with E-state index in [1.54, 1.807) is 4.90 Å². The molecule has 1 unspecified atom stereocenters. The smallest absolute Gasteiger partial charge is 0.247 e. The van der Waals surface area contributed by atoms with E-state index in [0.29, 0.717) is 12.5 Å². The minimum atomic E-state index is -0.372. The lowest BCUT2D eigenvalue weighted by molar-refractivity contribution is -0.132. The molecule has 1 aliphatic carbocycles. The number of nitrogens with one attached hydrogen (secondary N) is 1. The molecule has 1 heterocycles. The molecule has 21 heavy (non-hydrogen) atoms. The van der Waals surface area contributed by atoms with Crippen LogP contribution in [0.1, 0.15) is 37.2 Å². The largest absolute Gasteiger partial charge is 0.327 e. The molecule has 0 radical (unpaired) electrons. The van der Waals surface area contributed by atoms with Gasteiger partial charge in [0.15, 0.2) is 0 Å². The lowest BCUT2D eigenvalue weighted by atomic mass is 10.1. The highest BCUT2D eigenvalue weighted by Crippen LogP contribution is 2.43. The predicted molar refractivity (Wildman–Crippen MR) is 82.0 cm³/mol. The van der Waals surface area contributed by atoms with Gasteiger partial charge in [-0.25, -0.2) is 0 Å². The van der Waals surface area contributed by atoms with Gasteiger partial charge in [0.05, 0.1) is 0 Å². The SMILES string of the molecule is C=CC(=O)N1CCCC1C(=O)Nc1ccccc1C1CC1. The van der Waals surface area contributed by atoms with Gasteiger partial charge in [-0.2, -0.15) is 0 Å². The van der Waals surface area contributed by atoms with Gasteiger partial charge >= 0.3 is 0 Å². The fourth-order valence-electron chi connectivity index (χ4n) is 3.00. The lowest BCUT2D eigenvalue weighted by Crippen LogP contribution is -2.42. The summed E-state index contributed by atoms with van der Waals surface area (Å²) in [4.78, 5) is 25.9. The first-order valence-corrected chi connectivity index (χ1v) is 7.53. The molecule has 0 aromatic heterocycles. The highest BCUT2D eigenvalue weighted by atomic mass is 16.2. The van der Waals surface area contributed by atoms with Crippen LogP contribution in [0.25, 0.3) is 0 Å². The molecule has 2 amide bonds. The summed E-state index contributed by atoms with van der Waals surface area (Å²) >= 11 is 0. The molecule has 0 spiro atoms. The van der Waals surface area contributed by atoms with Gasteiger partial charge in [0.1, 0.15) is 6.04 Å². The normalized spacial score (nSPS) is 21.1. The number of amides is 2. The maximum absolute atomic E-state index is 12.5. The average Bonchev–Trinajstić information content (AvgIpc) is 3.23. The summed E-state index contributed by atoms with van der Waals surface area (Å²) in [5.74, 6) is 0.329. The summed E-state index contributed by atoms with van der Waals surface area (Å²) < 4.78 is 0. The summed E-state index contributed by atoms with van der Waals surface area (Å²) in [5.41, 5.74) is 2.10. The highest BCUT2D eigenvalue weighted by molar-refractivity contribution is 5.99. The van der Waals surface area contributed by atoms with Crippen molar-refractivity contribution in [3.05, 3.63) is 42.5 Å². The Morgan fingerprint density at radius 3 is 2.71 bits per heavy atom. The van der Waals surface area contributed by atoms with Gasteiger partial charge in [-0.3, -0.25) is 9.59 Å². The predicted octanol–water partition coefficient (Wildman–Crippen LogP) is 2.68. The van der Waals surface area contributed by atoms with Crippen LogP contribution in [0, 0.1) is 0 Å². The van der Waals surface area contributed by atoms with E-state index in [1.165, 1.54) is 24.5 Å². The van der Waals surface area contributed by atoms with Crippen molar-refractivity contribution in [2.24, 2.45) is 0 Å². The number of hydrogen-bond acceptors (Lipinski definition) is 2. The molecule has 2 fully saturated rings. The Kier molecular flexibility index (Phi) is 3.78. The Morgan fingerprint density at radius 1 is 1.24 bits per heavy atom. The van der Waals surface area contributed by atoms with Crippen molar-refractivity contribution in [2.45, 2.75) is 37.6 Å². The van der Waals surface area contributed by atoms with Crippen molar-refractivity contribution in [1.29, 1.82) is 0 Å². The number of rotatable bonds is 4. The highest BCUT2D eigenvalue weighted by Gasteiger charge is 2.34. The summed E-state index contributed by atoms with van der Waals surface area (Å²) in [5, 5.41) is 3.02. The Hall–Kier alpha value is -2.10. The van der Waals surface area contributed by atoms with Crippen LogP contribution in [0.15, 0.2) is 36.9 Å². The van der Waals surface area contributed by atoms with Crippen molar-refractivity contribution >= 4 is 17.5 Å². The first-order chi connectivity index (χ1) is 10.2. The van der Waals surface area contributed by atoms with Gasteiger partial charge in [-0.1, -0.05) is 24.8 Å². The zero-order valence-electron chi connectivity index (χ0n) is 12.0. The molecule has 1 aliphatic heterocycles. The van der Waals surface area contributed by atoms with Crippen LogP contribution in [0.3, 0.4) is 0 Å². The van der Waals surface area contributed by atoms with Gasteiger partial charge in [-0.15, -0.1) is 0 Å². The molecule has 4 heteroatoms. The fraction of sp³-hybridized carbons (Fsp3) is 0.412. The second-order valence-electron chi connectivity index (χ2n) is 5.74. The third-order valence-corrected chi connectivity index (χ3v) is 4.25. The number of likely N-dealkylation sites (tertiary alicyclic amines) is 1. The van der Waals surface area contributed by atoms with Gasteiger partial charge in [0, 0.05) is 12.2 Å². The second-order valence-corrected chi connectivity index (χ2v) is 5.74. The van der Waals surface area contributed by atoms with Crippen molar-refractivity contribution in [2.75, 3.05) is 11.9 Å². The summed E-state index contributed by atoms with van der Waals surface area (Å²) in [7, 11) is 0. The Labute approximate surface area is 124 Å². The lowest BCUT2D eigenvalue weighted by Gasteiger charge is -2.23. The molecule has 1 atom stereocenters. The van der Waals surface area contributed by atoms with Crippen LogP contribution in [-0.2, 0) is 9.59 Å². The Bertz CT molecular complexity index is 578. The minimum Gasteiger partial charge on any atom is -0.327 e. The third-order valence-electron chi connectivity index (χ3n) is 4.25. The van der Waals surface area contributed by atoms with Crippen LogP contribution >= 0.6 is 0 Å². The van der Waals surface area contributed by atoms with Crippen molar-refractivity contribution in [1.82, 2.24) is 4.90 Å². The molecular formula is C17H20N2O2. The van der Waals surface area contributed by atoms with Crippen molar-refractivity contribution in [3.63, 3.8) is 0 Å². The molecule has 1 N–H and O–H groups in total. The number of benzene rings is 1.